The van der Waals surface area contributed by atoms with Gasteiger partial charge in [0.1, 0.15) is 11.6 Å². The van der Waals surface area contributed by atoms with Crippen molar-refractivity contribution in [3.63, 3.8) is 0 Å². The van der Waals surface area contributed by atoms with E-state index in [4.69, 9.17) is 16.3 Å². The van der Waals surface area contributed by atoms with Crippen molar-refractivity contribution in [1.82, 2.24) is 0 Å². The highest BCUT2D eigenvalue weighted by atomic mass is 35.5. The summed E-state index contributed by atoms with van der Waals surface area (Å²) in [5.74, 6) is -0.0185. The third-order valence-electron chi connectivity index (χ3n) is 3.16. The average molecular weight is 307 g/mol. The highest BCUT2D eigenvalue weighted by molar-refractivity contribution is 6.30. The van der Waals surface area contributed by atoms with Crippen LogP contribution in [-0.2, 0) is 0 Å². The minimum Gasteiger partial charge on any atom is -0.485 e. The van der Waals surface area contributed by atoms with Gasteiger partial charge in [0.05, 0.1) is 5.02 Å². The molecule has 2 aromatic carbocycles. The molecule has 0 saturated heterocycles. The second kappa shape index (κ2) is 6.72. The van der Waals surface area contributed by atoms with Crippen LogP contribution in [0.3, 0.4) is 0 Å². The molecule has 0 N–H and O–H groups in total. The SMILES string of the molecule is CC(C)c1ccc(C(=O)COc2ccc(Cl)c(F)c2)cc1. The fourth-order valence-electron chi connectivity index (χ4n) is 1.85. The summed E-state index contributed by atoms with van der Waals surface area (Å²) in [7, 11) is 0. The molecule has 0 aliphatic carbocycles. The van der Waals surface area contributed by atoms with Gasteiger partial charge in [0, 0.05) is 11.6 Å². The summed E-state index contributed by atoms with van der Waals surface area (Å²) in [6.07, 6.45) is 0. The van der Waals surface area contributed by atoms with Gasteiger partial charge in [-0.15, -0.1) is 0 Å². The van der Waals surface area contributed by atoms with E-state index in [1.54, 1.807) is 12.1 Å². The molecule has 2 aromatic rings. The van der Waals surface area contributed by atoms with Crippen molar-refractivity contribution in [3.8, 4) is 5.75 Å². The van der Waals surface area contributed by atoms with E-state index in [0.717, 1.165) is 6.07 Å². The van der Waals surface area contributed by atoms with E-state index in [1.165, 1.54) is 17.7 Å². The minimum atomic E-state index is -0.567. The molecule has 0 spiro atoms. The second-order valence-electron chi connectivity index (χ2n) is 5.06. The van der Waals surface area contributed by atoms with Crippen molar-refractivity contribution in [2.75, 3.05) is 6.61 Å². The molecule has 0 fully saturated rings. The highest BCUT2D eigenvalue weighted by Crippen LogP contribution is 2.20. The number of halogens is 2. The van der Waals surface area contributed by atoms with Crippen molar-refractivity contribution in [2.24, 2.45) is 0 Å². The summed E-state index contributed by atoms with van der Waals surface area (Å²) in [4.78, 5) is 12.0. The van der Waals surface area contributed by atoms with Gasteiger partial charge in [-0.3, -0.25) is 4.79 Å². The first-order valence-electron chi connectivity index (χ1n) is 6.68. The van der Waals surface area contributed by atoms with E-state index in [9.17, 15) is 9.18 Å². The normalized spacial score (nSPS) is 10.7. The van der Waals surface area contributed by atoms with Crippen LogP contribution in [0.25, 0.3) is 0 Å². The zero-order valence-electron chi connectivity index (χ0n) is 11.9. The second-order valence-corrected chi connectivity index (χ2v) is 5.47. The number of rotatable bonds is 5. The molecule has 0 heterocycles. The summed E-state index contributed by atoms with van der Waals surface area (Å²) in [5.41, 5.74) is 1.75. The molecule has 0 unspecified atom stereocenters. The summed E-state index contributed by atoms with van der Waals surface area (Å²) in [6.45, 7) is 4.05. The van der Waals surface area contributed by atoms with Crippen LogP contribution in [0.15, 0.2) is 42.5 Å². The Labute approximate surface area is 128 Å². The highest BCUT2D eigenvalue weighted by Gasteiger charge is 2.09. The quantitative estimate of drug-likeness (QED) is 0.737. The third kappa shape index (κ3) is 4.05. The standard InChI is InChI=1S/C17H16ClFO2/c1-11(2)12-3-5-13(6-4-12)17(20)10-21-14-7-8-15(18)16(19)9-14/h3-9,11H,10H2,1-2H3. The van der Waals surface area contributed by atoms with Crippen LogP contribution in [0.2, 0.25) is 5.02 Å². The van der Waals surface area contributed by atoms with Crippen molar-refractivity contribution in [3.05, 3.63) is 64.4 Å². The van der Waals surface area contributed by atoms with E-state index < -0.39 is 5.82 Å². The van der Waals surface area contributed by atoms with Gasteiger partial charge in [0.15, 0.2) is 12.4 Å². The van der Waals surface area contributed by atoms with Crippen molar-refractivity contribution in [2.45, 2.75) is 19.8 Å². The van der Waals surface area contributed by atoms with Crippen LogP contribution >= 0.6 is 11.6 Å². The Morgan fingerprint density at radius 2 is 1.86 bits per heavy atom. The number of Topliss-reactive ketones (excluding diaryl/α,β-unsaturated/α-hetero) is 1. The lowest BCUT2D eigenvalue weighted by Gasteiger charge is -2.08. The van der Waals surface area contributed by atoms with E-state index in [2.05, 4.69) is 13.8 Å². The van der Waals surface area contributed by atoms with E-state index in [1.807, 2.05) is 12.1 Å². The first kappa shape index (κ1) is 15.5. The van der Waals surface area contributed by atoms with Gasteiger partial charge in [-0.1, -0.05) is 49.7 Å². The lowest BCUT2D eigenvalue weighted by Crippen LogP contribution is -2.11. The molecule has 0 aliphatic heterocycles. The molecular formula is C17H16ClFO2. The Morgan fingerprint density at radius 3 is 2.43 bits per heavy atom. The smallest absolute Gasteiger partial charge is 0.200 e. The fraction of sp³-hybridized carbons (Fsp3) is 0.235. The van der Waals surface area contributed by atoms with Gasteiger partial charge >= 0.3 is 0 Å². The lowest BCUT2D eigenvalue weighted by molar-refractivity contribution is 0.0921. The topological polar surface area (TPSA) is 26.3 Å². The molecule has 110 valence electrons. The molecule has 0 saturated carbocycles. The maximum absolute atomic E-state index is 13.2. The number of ketones is 1. The summed E-state index contributed by atoms with van der Waals surface area (Å²) >= 11 is 5.58. The maximum Gasteiger partial charge on any atom is 0.200 e. The molecule has 0 aliphatic rings. The van der Waals surface area contributed by atoms with Crippen LogP contribution < -0.4 is 4.74 Å². The monoisotopic (exact) mass is 306 g/mol. The number of hydrogen-bond acceptors (Lipinski definition) is 2. The summed E-state index contributed by atoms with van der Waals surface area (Å²) in [6, 6.07) is 11.5. The number of benzene rings is 2. The van der Waals surface area contributed by atoms with Gasteiger partial charge in [-0.2, -0.15) is 0 Å². The van der Waals surface area contributed by atoms with Crippen molar-refractivity contribution >= 4 is 17.4 Å². The predicted octanol–water partition coefficient (Wildman–Crippen LogP) is 4.86. The molecule has 2 rings (SSSR count). The maximum atomic E-state index is 13.2. The van der Waals surface area contributed by atoms with E-state index >= 15 is 0 Å². The predicted molar refractivity (Wildman–Crippen MR) is 81.8 cm³/mol. The molecule has 4 heteroatoms. The Balaban J connectivity index is 1.99. The van der Waals surface area contributed by atoms with Crippen LogP contribution in [0.1, 0.15) is 35.7 Å². The number of carbonyl (C=O) groups is 1. The Bertz CT molecular complexity index is 636. The molecular weight excluding hydrogens is 291 g/mol. The van der Waals surface area contributed by atoms with Crippen molar-refractivity contribution in [1.29, 1.82) is 0 Å². The van der Waals surface area contributed by atoms with Gasteiger partial charge in [0.25, 0.3) is 0 Å². The lowest BCUT2D eigenvalue weighted by atomic mass is 10.0. The molecule has 0 atom stereocenters. The third-order valence-corrected chi connectivity index (χ3v) is 3.47. The Kier molecular flexibility index (Phi) is 4.97. The number of ether oxygens (including phenoxy) is 1. The van der Waals surface area contributed by atoms with Gasteiger partial charge in [-0.05, 0) is 23.6 Å². The molecule has 0 amide bonds. The zero-order valence-corrected chi connectivity index (χ0v) is 12.7. The van der Waals surface area contributed by atoms with E-state index in [-0.39, 0.29) is 23.2 Å². The Hall–Kier alpha value is -1.87. The van der Waals surface area contributed by atoms with Gasteiger partial charge in [-0.25, -0.2) is 4.39 Å². The average Bonchev–Trinajstić information content (AvgIpc) is 2.48. The van der Waals surface area contributed by atoms with Gasteiger partial charge < -0.3 is 4.74 Å². The summed E-state index contributed by atoms with van der Waals surface area (Å²) < 4.78 is 18.5. The van der Waals surface area contributed by atoms with Gasteiger partial charge in [0.2, 0.25) is 0 Å². The molecule has 2 nitrogen and oxygen atoms in total. The first-order chi connectivity index (χ1) is 9.97. The van der Waals surface area contributed by atoms with Crippen LogP contribution in [0.4, 0.5) is 4.39 Å². The van der Waals surface area contributed by atoms with Crippen LogP contribution in [0, 0.1) is 5.82 Å². The molecule has 0 aromatic heterocycles. The number of hydrogen-bond donors (Lipinski definition) is 0. The molecule has 0 radical (unpaired) electrons. The molecule has 0 bridgehead atoms. The number of carbonyl (C=O) groups excluding carboxylic acids is 1. The minimum absolute atomic E-state index is 0.0259. The van der Waals surface area contributed by atoms with Crippen molar-refractivity contribution < 1.29 is 13.9 Å². The van der Waals surface area contributed by atoms with Crippen LogP contribution in [0.5, 0.6) is 5.75 Å². The molecule has 21 heavy (non-hydrogen) atoms. The van der Waals surface area contributed by atoms with E-state index in [0.29, 0.717) is 11.5 Å². The summed E-state index contributed by atoms with van der Waals surface area (Å²) in [5, 5.41) is 0.0259. The zero-order chi connectivity index (χ0) is 15.4. The largest absolute Gasteiger partial charge is 0.485 e. The Morgan fingerprint density at radius 1 is 1.19 bits per heavy atom. The fourth-order valence-corrected chi connectivity index (χ4v) is 1.97. The first-order valence-corrected chi connectivity index (χ1v) is 7.06. The van der Waals surface area contributed by atoms with Crippen LogP contribution in [-0.4, -0.2) is 12.4 Å².